The monoisotopic (exact) mass is 155 g/mol. The molecule has 0 aliphatic carbocycles. The fourth-order valence-electron chi connectivity index (χ4n) is 0.389. The molecule has 9 heavy (non-hydrogen) atoms. The van der Waals surface area contributed by atoms with Gasteiger partial charge in [0.2, 0.25) is 5.91 Å². The van der Waals surface area contributed by atoms with Gasteiger partial charge in [-0.25, -0.2) is 0 Å². The molecule has 0 aromatic rings. The summed E-state index contributed by atoms with van der Waals surface area (Å²) >= 11 is 0. The van der Waals surface area contributed by atoms with Gasteiger partial charge in [0, 0.05) is 13.0 Å². The fourth-order valence-corrected chi connectivity index (χ4v) is 0.389. The van der Waals surface area contributed by atoms with Gasteiger partial charge in [-0.1, -0.05) is 13.8 Å². The SMILES string of the molecule is CCCNC(=O)CC.[H-].[K+]. The maximum absolute atomic E-state index is 10.5. The minimum Gasteiger partial charge on any atom is -1.00 e. The number of carbonyl (C=O) groups excluding carboxylic acids is 1. The molecule has 0 rings (SSSR count). The van der Waals surface area contributed by atoms with Gasteiger partial charge in [-0.15, -0.1) is 0 Å². The third kappa shape index (κ3) is 9.11. The van der Waals surface area contributed by atoms with Gasteiger partial charge in [0.15, 0.2) is 0 Å². The van der Waals surface area contributed by atoms with Crippen molar-refractivity contribution in [3.05, 3.63) is 0 Å². The zero-order valence-electron chi connectivity index (χ0n) is 7.53. The molecule has 0 saturated carbocycles. The summed E-state index contributed by atoms with van der Waals surface area (Å²) in [6.45, 7) is 4.70. The van der Waals surface area contributed by atoms with E-state index in [1.54, 1.807) is 0 Å². The minimum absolute atomic E-state index is 0. The van der Waals surface area contributed by atoms with E-state index in [1.165, 1.54) is 0 Å². The number of carbonyl (C=O) groups is 1. The first-order valence-corrected chi connectivity index (χ1v) is 3.08. The second-order valence-corrected chi connectivity index (χ2v) is 1.70. The Morgan fingerprint density at radius 1 is 1.56 bits per heavy atom. The van der Waals surface area contributed by atoms with Gasteiger partial charge in [-0.2, -0.15) is 0 Å². The van der Waals surface area contributed by atoms with Crippen molar-refractivity contribution in [2.75, 3.05) is 6.54 Å². The second-order valence-electron chi connectivity index (χ2n) is 1.70. The Morgan fingerprint density at radius 2 is 2.11 bits per heavy atom. The van der Waals surface area contributed by atoms with E-state index in [-0.39, 0.29) is 58.7 Å². The number of amides is 1. The number of rotatable bonds is 3. The third-order valence-electron chi connectivity index (χ3n) is 0.893. The number of nitrogens with one attached hydrogen (secondary N) is 1. The van der Waals surface area contributed by atoms with E-state index < -0.39 is 0 Å². The summed E-state index contributed by atoms with van der Waals surface area (Å²) in [6, 6.07) is 0. The fraction of sp³-hybridized carbons (Fsp3) is 0.833. The molecule has 0 aliphatic heterocycles. The molecule has 0 aliphatic rings. The van der Waals surface area contributed by atoms with Gasteiger partial charge < -0.3 is 6.74 Å². The van der Waals surface area contributed by atoms with E-state index in [2.05, 4.69) is 5.32 Å². The molecule has 2 nitrogen and oxygen atoms in total. The summed E-state index contributed by atoms with van der Waals surface area (Å²) in [5, 5.41) is 2.74. The topological polar surface area (TPSA) is 29.1 Å². The van der Waals surface area contributed by atoms with Crippen molar-refractivity contribution in [3.63, 3.8) is 0 Å². The Hall–Kier alpha value is 1.11. The molecule has 0 spiro atoms. The molecule has 0 heterocycles. The van der Waals surface area contributed by atoms with Crippen LogP contribution in [-0.2, 0) is 4.79 Å². The van der Waals surface area contributed by atoms with E-state index >= 15 is 0 Å². The van der Waals surface area contributed by atoms with E-state index in [0.29, 0.717) is 6.42 Å². The Morgan fingerprint density at radius 3 is 2.44 bits per heavy atom. The van der Waals surface area contributed by atoms with Crippen LogP contribution in [0.4, 0.5) is 0 Å². The van der Waals surface area contributed by atoms with Crippen molar-refractivity contribution < 1.29 is 57.6 Å². The maximum Gasteiger partial charge on any atom is 1.00 e. The molecule has 0 atom stereocenters. The van der Waals surface area contributed by atoms with Gasteiger partial charge >= 0.3 is 51.4 Å². The van der Waals surface area contributed by atoms with Gasteiger partial charge in [0.1, 0.15) is 0 Å². The summed E-state index contributed by atoms with van der Waals surface area (Å²) in [5.41, 5.74) is 0. The molecule has 1 amide bonds. The Bertz CT molecular complexity index is 80.1. The molecule has 0 radical (unpaired) electrons. The van der Waals surface area contributed by atoms with Gasteiger partial charge in [0.25, 0.3) is 0 Å². The zero-order chi connectivity index (χ0) is 6.41. The van der Waals surface area contributed by atoms with Crippen molar-refractivity contribution in [3.8, 4) is 0 Å². The van der Waals surface area contributed by atoms with Crippen LogP contribution in [-0.4, -0.2) is 12.5 Å². The van der Waals surface area contributed by atoms with Crippen molar-refractivity contribution in [2.24, 2.45) is 0 Å². The summed E-state index contributed by atoms with van der Waals surface area (Å²) < 4.78 is 0. The van der Waals surface area contributed by atoms with E-state index in [0.717, 1.165) is 13.0 Å². The smallest absolute Gasteiger partial charge is 1.00 e. The van der Waals surface area contributed by atoms with Crippen molar-refractivity contribution in [1.29, 1.82) is 0 Å². The zero-order valence-corrected chi connectivity index (χ0v) is 9.65. The second kappa shape index (κ2) is 9.11. The Balaban J connectivity index is -0.000000245. The normalized spacial score (nSPS) is 7.78. The predicted octanol–water partition coefficient (Wildman–Crippen LogP) is -1.96. The molecule has 0 saturated heterocycles. The quantitative estimate of drug-likeness (QED) is 0.471. The molecule has 0 unspecified atom stereocenters. The van der Waals surface area contributed by atoms with E-state index in [9.17, 15) is 4.79 Å². The Kier molecular flexibility index (Phi) is 12.9. The number of hydrogen-bond acceptors (Lipinski definition) is 1. The predicted molar refractivity (Wildman–Crippen MR) is 34.7 cm³/mol. The van der Waals surface area contributed by atoms with Crippen LogP contribution in [0.5, 0.6) is 0 Å². The maximum atomic E-state index is 10.5. The first kappa shape index (κ1) is 12.8. The average molecular weight is 155 g/mol. The van der Waals surface area contributed by atoms with Crippen molar-refractivity contribution in [1.82, 2.24) is 5.32 Å². The first-order valence-electron chi connectivity index (χ1n) is 3.08. The molecular formula is C6H14KNO. The molecule has 50 valence electrons. The molecule has 0 fully saturated rings. The number of hydrogen-bond donors (Lipinski definition) is 1. The molecule has 3 heteroatoms. The summed E-state index contributed by atoms with van der Waals surface area (Å²) in [4.78, 5) is 10.5. The van der Waals surface area contributed by atoms with Crippen LogP contribution in [0.3, 0.4) is 0 Å². The summed E-state index contributed by atoms with van der Waals surface area (Å²) in [7, 11) is 0. The summed E-state index contributed by atoms with van der Waals surface area (Å²) in [6.07, 6.45) is 1.62. The third-order valence-corrected chi connectivity index (χ3v) is 0.893. The van der Waals surface area contributed by atoms with Crippen LogP contribution < -0.4 is 56.7 Å². The molecule has 0 aromatic heterocycles. The van der Waals surface area contributed by atoms with Crippen LogP contribution in [0.1, 0.15) is 28.1 Å². The van der Waals surface area contributed by atoms with Crippen LogP contribution in [0.15, 0.2) is 0 Å². The van der Waals surface area contributed by atoms with Gasteiger partial charge in [0.05, 0.1) is 0 Å². The standard InChI is InChI=1S/C6H13NO.K.H/c1-3-5-7-6(8)4-2;;/h3-5H2,1-2H3,(H,7,8);;/q;+1;-1. The van der Waals surface area contributed by atoms with Gasteiger partial charge in [-0.05, 0) is 6.42 Å². The van der Waals surface area contributed by atoms with Crippen molar-refractivity contribution >= 4 is 5.91 Å². The minimum atomic E-state index is 0. The molecular weight excluding hydrogens is 141 g/mol. The Labute approximate surface area is 101 Å². The van der Waals surface area contributed by atoms with E-state index in [4.69, 9.17) is 0 Å². The van der Waals surface area contributed by atoms with Gasteiger partial charge in [-0.3, -0.25) is 4.79 Å². The van der Waals surface area contributed by atoms with Crippen LogP contribution in [0.25, 0.3) is 0 Å². The van der Waals surface area contributed by atoms with Crippen LogP contribution in [0, 0.1) is 0 Å². The molecule has 1 N–H and O–H groups in total. The van der Waals surface area contributed by atoms with Crippen LogP contribution >= 0.6 is 0 Å². The molecule has 0 aromatic carbocycles. The average Bonchev–Trinajstić information content (AvgIpc) is 1.83. The first-order chi connectivity index (χ1) is 3.81. The molecule has 0 bridgehead atoms. The van der Waals surface area contributed by atoms with E-state index in [1.807, 2.05) is 13.8 Å². The van der Waals surface area contributed by atoms with Crippen molar-refractivity contribution in [2.45, 2.75) is 26.7 Å². The summed E-state index contributed by atoms with van der Waals surface area (Å²) in [5.74, 6) is 0.145. The van der Waals surface area contributed by atoms with Crippen LogP contribution in [0.2, 0.25) is 0 Å². The largest absolute Gasteiger partial charge is 1.00 e.